The van der Waals surface area contributed by atoms with Crippen LogP contribution in [0.4, 0.5) is 0 Å². The molecule has 0 amide bonds. The Morgan fingerprint density at radius 3 is 2.95 bits per heavy atom. The van der Waals surface area contributed by atoms with Gasteiger partial charge in [0.15, 0.2) is 10.4 Å². The Kier molecular flexibility index (Phi) is 3.52. The van der Waals surface area contributed by atoms with E-state index in [0.717, 1.165) is 34.5 Å². The number of nitrogens with zero attached hydrogens (tertiary/aromatic N) is 3. The van der Waals surface area contributed by atoms with Gasteiger partial charge in [0, 0.05) is 24.4 Å². The van der Waals surface area contributed by atoms with Crippen molar-refractivity contribution in [2.75, 3.05) is 0 Å². The molecule has 3 aromatic heterocycles. The summed E-state index contributed by atoms with van der Waals surface area (Å²) in [5, 5.41) is 6.69. The fourth-order valence-corrected chi connectivity index (χ4v) is 3.90. The van der Waals surface area contributed by atoms with Gasteiger partial charge in [-0.15, -0.1) is 11.3 Å². The van der Waals surface area contributed by atoms with Gasteiger partial charge in [0.2, 0.25) is 0 Å². The van der Waals surface area contributed by atoms with Gasteiger partial charge in [-0.1, -0.05) is 13.0 Å². The van der Waals surface area contributed by atoms with E-state index in [1.807, 2.05) is 11.7 Å². The zero-order chi connectivity index (χ0) is 14.3. The average molecular weight is 306 g/mol. The highest BCUT2D eigenvalue weighted by atomic mass is 32.1. The first-order chi connectivity index (χ1) is 9.61. The molecule has 0 bridgehead atoms. The fourth-order valence-electron chi connectivity index (χ4n) is 2.70. The highest BCUT2D eigenvalue weighted by Crippen LogP contribution is 2.25. The number of aromatic nitrogens is 4. The van der Waals surface area contributed by atoms with Gasteiger partial charge in [-0.2, -0.15) is 5.10 Å². The normalized spacial score (nSPS) is 13.2. The number of fused-ring (bicyclic) bond motifs is 1. The summed E-state index contributed by atoms with van der Waals surface area (Å²) < 4.78 is 4.91. The SMILES string of the molecule is CCc1nn(C)c2c1[nH]c(=S)n2C(C)Cc1cccs1. The maximum atomic E-state index is 5.52. The molecular formula is C14H18N4S2. The number of rotatable bonds is 4. The predicted octanol–water partition coefficient (Wildman–Crippen LogP) is 3.86. The van der Waals surface area contributed by atoms with Crippen LogP contribution in [0.5, 0.6) is 0 Å². The fraction of sp³-hybridized carbons (Fsp3) is 0.429. The van der Waals surface area contributed by atoms with E-state index < -0.39 is 0 Å². The summed E-state index contributed by atoms with van der Waals surface area (Å²) in [7, 11) is 1.98. The summed E-state index contributed by atoms with van der Waals surface area (Å²) in [6.07, 6.45) is 1.90. The number of nitrogens with one attached hydrogen (secondary N) is 1. The van der Waals surface area contributed by atoms with E-state index in [2.05, 4.69) is 46.0 Å². The lowest BCUT2D eigenvalue weighted by Gasteiger charge is -2.13. The van der Waals surface area contributed by atoms with E-state index >= 15 is 0 Å². The van der Waals surface area contributed by atoms with Crippen LogP contribution >= 0.6 is 23.6 Å². The largest absolute Gasteiger partial charge is 0.328 e. The molecule has 0 radical (unpaired) electrons. The number of thiophene rings is 1. The first kappa shape index (κ1) is 13.6. The van der Waals surface area contributed by atoms with E-state index in [9.17, 15) is 0 Å². The van der Waals surface area contributed by atoms with Crippen molar-refractivity contribution in [3.63, 3.8) is 0 Å². The van der Waals surface area contributed by atoms with Crippen LogP contribution in [-0.2, 0) is 19.9 Å². The molecule has 0 aliphatic carbocycles. The smallest absolute Gasteiger partial charge is 0.179 e. The number of hydrogen-bond acceptors (Lipinski definition) is 3. The Hall–Kier alpha value is -1.40. The summed E-state index contributed by atoms with van der Waals surface area (Å²) in [5.74, 6) is 0. The lowest BCUT2D eigenvalue weighted by molar-refractivity contribution is 0.542. The molecule has 0 fully saturated rings. The summed E-state index contributed by atoms with van der Waals surface area (Å²) in [6.45, 7) is 4.33. The minimum Gasteiger partial charge on any atom is -0.328 e. The van der Waals surface area contributed by atoms with Gasteiger partial charge in [0.1, 0.15) is 5.52 Å². The number of hydrogen-bond donors (Lipinski definition) is 1. The molecule has 4 nitrogen and oxygen atoms in total. The van der Waals surface area contributed by atoms with Gasteiger partial charge in [-0.25, -0.2) is 0 Å². The molecule has 0 aromatic carbocycles. The van der Waals surface area contributed by atoms with Crippen molar-refractivity contribution in [2.24, 2.45) is 7.05 Å². The second-order valence-corrected chi connectivity index (χ2v) is 6.47. The van der Waals surface area contributed by atoms with E-state index in [-0.39, 0.29) is 0 Å². The monoisotopic (exact) mass is 306 g/mol. The van der Waals surface area contributed by atoms with Crippen molar-refractivity contribution in [3.05, 3.63) is 32.9 Å². The first-order valence-electron chi connectivity index (χ1n) is 6.80. The second kappa shape index (κ2) is 5.18. The van der Waals surface area contributed by atoms with Gasteiger partial charge in [-0.3, -0.25) is 9.25 Å². The van der Waals surface area contributed by atoms with Crippen molar-refractivity contribution in [1.82, 2.24) is 19.3 Å². The predicted molar refractivity (Wildman–Crippen MR) is 86.0 cm³/mol. The van der Waals surface area contributed by atoms with Gasteiger partial charge in [-0.05, 0) is 37.0 Å². The van der Waals surface area contributed by atoms with E-state index in [1.54, 1.807) is 11.3 Å². The molecule has 1 N–H and O–H groups in total. The molecule has 3 heterocycles. The molecule has 1 unspecified atom stereocenters. The van der Waals surface area contributed by atoms with Crippen LogP contribution in [0.2, 0.25) is 0 Å². The number of aromatic amines is 1. The Bertz CT molecular complexity index is 776. The van der Waals surface area contributed by atoms with E-state index in [4.69, 9.17) is 12.2 Å². The molecule has 0 saturated heterocycles. The quantitative estimate of drug-likeness (QED) is 0.743. The summed E-state index contributed by atoms with van der Waals surface area (Å²) >= 11 is 7.31. The molecule has 3 rings (SSSR count). The molecule has 20 heavy (non-hydrogen) atoms. The first-order valence-corrected chi connectivity index (χ1v) is 8.09. The molecule has 1 atom stereocenters. The van der Waals surface area contributed by atoms with Crippen molar-refractivity contribution < 1.29 is 0 Å². The van der Waals surface area contributed by atoms with Crippen molar-refractivity contribution >= 4 is 34.7 Å². The van der Waals surface area contributed by atoms with Crippen LogP contribution in [0.1, 0.15) is 30.5 Å². The van der Waals surface area contributed by atoms with Crippen LogP contribution in [0.15, 0.2) is 17.5 Å². The Labute approximate surface area is 127 Å². The summed E-state index contributed by atoms with van der Waals surface area (Å²) in [4.78, 5) is 4.71. The minimum atomic E-state index is 0.315. The zero-order valence-corrected chi connectivity index (χ0v) is 13.5. The Balaban J connectivity index is 2.08. The number of aryl methyl sites for hydroxylation is 2. The topological polar surface area (TPSA) is 38.5 Å². The third-order valence-corrected chi connectivity index (χ3v) is 4.82. The molecule has 0 saturated carbocycles. The molecule has 6 heteroatoms. The number of imidazole rings is 1. The molecule has 0 aliphatic heterocycles. The lowest BCUT2D eigenvalue weighted by Crippen LogP contribution is -2.10. The summed E-state index contributed by atoms with van der Waals surface area (Å²) in [6, 6.07) is 4.59. The zero-order valence-electron chi connectivity index (χ0n) is 11.9. The van der Waals surface area contributed by atoms with E-state index in [1.165, 1.54) is 4.88 Å². The van der Waals surface area contributed by atoms with Crippen LogP contribution in [0.3, 0.4) is 0 Å². The summed E-state index contributed by atoms with van der Waals surface area (Å²) in [5.41, 5.74) is 3.25. The van der Waals surface area contributed by atoms with Crippen LogP contribution < -0.4 is 0 Å². The highest BCUT2D eigenvalue weighted by Gasteiger charge is 2.18. The van der Waals surface area contributed by atoms with Crippen molar-refractivity contribution in [3.8, 4) is 0 Å². The molecule has 0 spiro atoms. The Morgan fingerprint density at radius 2 is 2.30 bits per heavy atom. The third kappa shape index (κ3) is 2.13. The van der Waals surface area contributed by atoms with Gasteiger partial charge < -0.3 is 4.98 Å². The van der Waals surface area contributed by atoms with Crippen LogP contribution in [0.25, 0.3) is 11.2 Å². The van der Waals surface area contributed by atoms with Gasteiger partial charge in [0.25, 0.3) is 0 Å². The third-order valence-electron chi connectivity index (χ3n) is 3.62. The van der Waals surface area contributed by atoms with Crippen LogP contribution in [0, 0.1) is 4.77 Å². The van der Waals surface area contributed by atoms with Gasteiger partial charge in [0.05, 0.1) is 5.69 Å². The minimum absolute atomic E-state index is 0.315. The van der Waals surface area contributed by atoms with Crippen molar-refractivity contribution in [2.45, 2.75) is 32.7 Å². The number of H-pyrrole nitrogens is 1. The van der Waals surface area contributed by atoms with Crippen LogP contribution in [-0.4, -0.2) is 19.3 Å². The lowest BCUT2D eigenvalue weighted by atomic mass is 10.2. The molecule has 106 valence electrons. The maximum absolute atomic E-state index is 5.52. The average Bonchev–Trinajstić information content (AvgIpc) is 3.08. The maximum Gasteiger partial charge on any atom is 0.179 e. The Morgan fingerprint density at radius 1 is 1.50 bits per heavy atom. The second-order valence-electron chi connectivity index (χ2n) is 5.06. The molecule has 0 aliphatic rings. The molecular weight excluding hydrogens is 288 g/mol. The molecule has 3 aromatic rings. The van der Waals surface area contributed by atoms with Gasteiger partial charge >= 0.3 is 0 Å². The van der Waals surface area contributed by atoms with Crippen molar-refractivity contribution in [1.29, 1.82) is 0 Å². The highest BCUT2D eigenvalue weighted by molar-refractivity contribution is 7.71. The van der Waals surface area contributed by atoms with E-state index in [0.29, 0.717) is 6.04 Å². The standard InChI is InChI=1S/C14H18N4S2/c1-4-11-12-13(17(3)16-11)18(14(19)15-12)9(2)8-10-6-5-7-20-10/h5-7,9H,4,8H2,1-3H3,(H,15,19).